The van der Waals surface area contributed by atoms with Crippen LogP contribution in [-0.2, 0) is 17.6 Å². The highest BCUT2D eigenvalue weighted by molar-refractivity contribution is 7.19. The summed E-state index contributed by atoms with van der Waals surface area (Å²) < 4.78 is 6.09. The molecule has 0 aliphatic heterocycles. The third kappa shape index (κ3) is 3.98. The Balaban J connectivity index is 1.58. The second-order valence-corrected chi connectivity index (χ2v) is 6.55. The van der Waals surface area contributed by atoms with Crippen LogP contribution in [0.4, 0.5) is 0 Å². The standard InChI is InChI=1S/C19H16N2O2S/c1-13(22)23-16-8-5-14(6-9-16)3-2-4-15-7-10-17-18(11-15)24-19(12-20)21-17/h5-11H,2-4H2,1H3. The lowest BCUT2D eigenvalue weighted by Gasteiger charge is -2.05. The van der Waals surface area contributed by atoms with E-state index >= 15 is 0 Å². The molecule has 0 saturated heterocycles. The van der Waals surface area contributed by atoms with Crippen molar-refractivity contribution in [3.05, 3.63) is 58.6 Å². The number of nitrogens with zero attached hydrogens (tertiary/aromatic N) is 2. The zero-order valence-electron chi connectivity index (χ0n) is 13.3. The number of aryl methyl sites for hydroxylation is 2. The molecule has 0 bridgehead atoms. The highest BCUT2D eigenvalue weighted by atomic mass is 32.1. The Hall–Kier alpha value is -2.71. The Morgan fingerprint density at radius 1 is 1.17 bits per heavy atom. The van der Waals surface area contributed by atoms with Crippen molar-refractivity contribution in [2.24, 2.45) is 0 Å². The molecule has 0 amide bonds. The number of thiazole rings is 1. The lowest BCUT2D eigenvalue weighted by molar-refractivity contribution is -0.131. The maximum atomic E-state index is 10.9. The predicted octanol–water partition coefficient (Wildman–Crippen LogP) is 4.27. The van der Waals surface area contributed by atoms with Gasteiger partial charge in [0.05, 0.1) is 10.2 Å². The molecule has 120 valence electrons. The van der Waals surface area contributed by atoms with Crippen molar-refractivity contribution in [2.75, 3.05) is 0 Å². The van der Waals surface area contributed by atoms with Crippen LogP contribution in [0.3, 0.4) is 0 Å². The van der Waals surface area contributed by atoms with Crippen LogP contribution in [0.1, 0.15) is 29.5 Å². The van der Waals surface area contributed by atoms with Gasteiger partial charge in [-0.05, 0) is 54.7 Å². The topological polar surface area (TPSA) is 63.0 Å². The number of carbonyl (C=O) groups is 1. The second kappa shape index (κ2) is 7.24. The summed E-state index contributed by atoms with van der Waals surface area (Å²) in [6.45, 7) is 1.40. The van der Waals surface area contributed by atoms with Gasteiger partial charge in [0.2, 0.25) is 0 Å². The zero-order valence-corrected chi connectivity index (χ0v) is 14.1. The fraction of sp³-hybridized carbons (Fsp3) is 0.211. The van der Waals surface area contributed by atoms with Gasteiger partial charge >= 0.3 is 5.97 Å². The monoisotopic (exact) mass is 336 g/mol. The van der Waals surface area contributed by atoms with Crippen LogP contribution in [0.2, 0.25) is 0 Å². The number of carbonyl (C=O) groups excluding carboxylic acids is 1. The molecule has 1 aromatic heterocycles. The van der Waals surface area contributed by atoms with Crippen LogP contribution in [0, 0.1) is 11.3 Å². The molecular weight excluding hydrogens is 320 g/mol. The van der Waals surface area contributed by atoms with Crippen molar-refractivity contribution in [3.8, 4) is 11.8 Å². The molecule has 4 nitrogen and oxygen atoms in total. The molecule has 0 radical (unpaired) electrons. The van der Waals surface area contributed by atoms with Gasteiger partial charge in [-0.25, -0.2) is 4.98 Å². The third-order valence-corrected chi connectivity index (χ3v) is 4.59. The van der Waals surface area contributed by atoms with Crippen LogP contribution in [0.15, 0.2) is 42.5 Å². The van der Waals surface area contributed by atoms with Gasteiger partial charge in [-0.15, -0.1) is 11.3 Å². The third-order valence-electron chi connectivity index (χ3n) is 3.66. The van der Waals surface area contributed by atoms with Crippen molar-refractivity contribution >= 4 is 27.5 Å². The molecule has 0 N–H and O–H groups in total. The summed E-state index contributed by atoms with van der Waals surface area (Å²) in [7, 11) is 0. The summed E-state index contributed by atoms with van der Waals surface area (Å²) >= 11 is 1.43. The van der Waals surface area contributed by atoms with E-state index < -0.39 is 0 Å². The number of fused-ring (bicyclic) bond motifs is 1. The minimum Gasteiger partial charge on any atom is -0.427 e. The maximum absolute atomic E-state index is 10.9. The van der Waals surface area contributed by atoms with E-state index in [1.165, 1.54) is 29.4 Å². The molecule has 0 aliphatic rings. The van der Waals surface area contributed by atoms with E-state index in [-0.39, 0.29) is 5.97 Å². The van der Waals surface area contributed by atoms with Crippen LogP contribution in [-0.4, -0.2) is 11.0 Å². The van der Waals surface area contributed by atoms with Gasteiger partial charge in [-0.2, -0.15) is 5.26 Å². The van der Waals surface area contributed by atoms with E-state index in [2.05, 4.69) is 23.2 Å². The van der Waals surface area contributed by atoms with E-state index in [0.717, 1.165) is 29.5 Å². The number of benzene rings is 2. The van der Waals surface area contributed by atoms with E-state index in [9.17, 15) is 4.79 Å². The van der Waals surface area contributed by atoms with Crippen molar-refractivity contribution in [1.29, 1.82) is 5.26 Å². The van der Waals surface area contributed by atoms with Crippen LogP contribution in [0.25, 0.3) is 10.2 Å². The summed E-state index contributed by atoms with van der Waals surface area (Å²) in [5, 5.41) is 9.42. The molecule has 3 aromatic rings. The highest BCUT2D eigenvalue weighted by Crippen LogP contribution is 2.23. The predicted molar refractivity (Wildman–Crippen MR) is 94.1 cm³/mol. The Morgan fingerprint density at radius 2 is 1.88 bits per heavy atom. The molecule has 24 heavy (non-hydrogen) atoms. The van der Waals surface area contributed by atoms with Crippen molar-refractivity contribution in [3.63, 3.8) is 0 Å². The van der Waals surface area contributed by atoms with Crippen molar-refractivity contribution in [2.45, 2.75) is 26.2 Å². The van der Waals surface area contributed by atoms with Gasteiger partial charge < -0.3 is 4.74 Å². The number of hydrogen-bond acceptors (Lipinski definition) is 5. The minimum absolute atomic E-state index is 0.305. The average molecular weight is 336 g/mol. The second-order valence-electron chi connectivity index (χ2n) is 5.52. The first-order chi connectivity index (χ1) is 11.6. The normalized spacial score (nSPS) is 10.5. The van der Waals surface area contributed by atoms with Gasteiger partial charge in [0.15, 0.2) is 5.01 Å². The lowest BCUT2D eigenvalue weighted by Crippen LogP contribution is -2.01. The highest BCUT2D eigenvalue weighted by Gasteiger charge is 2.04. The molecule has 0 unspecified atom stereocenters. The Morgan fingerprint density at radius 3 is 2.58 bits per heavy atom. The van der Waals surface area contributed by atoms with E-state index in [1.807, 2.05) is 30.3 Å². The van der Waals surface area contributed by atoms with Crippen LogP contribution >= 0.6 is 11.3 Å². The summed E-state index contributed by atoms with van der Waals surface area (Å²) in [6.07, 6.45) is 2.97. The largest absolute Gasteiger partial charge is 0.427 e. The first kappa shape index (κ1) is 16.2. The summed E-state index contributed by atoms with van der Waals surface area (Å²) in [6, 6.07) is 15.9. The summed E-state index contributed by atoms with van der Waals surface area (Å²) in [4.78, 5) is 15.1. The fourth-order valence-corrected chi connectivity index (χ4v) is 3.39. The van der Waals surface area contributed by atoms with E-state index in [4.69, 9.17) is 10.00 Å². The molecule has 0 saturated carbocycles. The number of rotatable bonds is 5. The van der Waals surface area contributed by atoms with Crippen LogP contribution < -0.4 is 4.74 Å². The minimum atomic E-state index is -0.305. The van der Waals surface area contributed by atoms with Crippen molar-refractivity contribution < 1.29 is 9.53 Å². The lowest BCUT2D eigenvalue weighted by atomic mass is 10.0. The molecule has 0 aliphatic carbocycles. The van der Waals surface area contributed by atoms with Crippen LogP contribution in [0.5, 0.6) is 5.75 Å². The zero-order chi connectivity index (χ0) is 16.9. The molecule has 2 aromatic carbocycles. The molecule has 0 spiro atoms. The number of hydrogen-bond donors (Lipinski definition) is 0. The van der Waals surface area contributed by atoms with Gasteiger partial charge in [-0.1, -0.05) is 18.2 Å². The Labute approximate surface area is 144 Å². The van der Waals surface area contributed by atoms with Gasteiger partial charge in [-0.3, -0.25) is 4.79 Å². The van der Waals surface area contributed by atoms with E-state index in [0.29, 0.717) is 10.8 Å². The first-order valence-electron chi connectivity index (χ1n) is 7.71. The number of nitriles is 1. The summed E-state index contributed by atoms with van der Waals surface area (Å²) in [5.41, 5.74) is 3.37. The molecule has 3 rings (SSSR count). The Kier molecular flexibility index (Phi) is 4.88. The number of esters is 1. The number of ether oxygens (including phenoxy) is 1. The van der Waals surface area contributed by atoms with Gasteiger partial charge in [0, 0.05) is 6.92 Å². The van der Waals surface area contributed by atoms with Gasteiger partial charge in [0.1, 0.15) is 11.8 Å². The molecular formula is C19H16N2O2S. The average Bonchev–Trinajstić information content (AvgIpc) is 2.98. The molecule has 5 heteroatoms. The quantitative estimate of drug-likeness (QED) is 0.515. The summed E-state index contributed by atoms with van der Waals surface area (Å²) in [5.74, 6) is 0.274. The number of aromatic nitrogens is 1. The maximum Gasteiger partial charge on any atom is 0.308 e. The fourth-order valence-electron chi connectivity index (χ4n) is 2.56. The molecule has 0 fully saturated rings. The smallest absolute Gasteiger partial charge is 0.308 e. The molecule has 0 atom stereocenters. The first-order valence-corrected chi connectivity index (χ1v) is 8.52. The van der Waals surface area contributed by atoms with Crippen molar-refractivity contribution in [1.82, 2.24) is 4.98 Å². The Bertz CT molecular complexity index is 907. The molecule has 1 heterocycles. The van der Waals surface area contributed by atoms with Gasteiger partial charge in [0.25, 0.3) is 0 Å². The SMILES string of the molecule is CC(=O)Oc1ccc(CCCc2ccc3nc(C#N)sc3c2)cc1. The van der Waals surface area contributed by atoms with E-state index in [1.54, 1.807) is 0 Å².